The second-order valence-electron chi connectivity index (χ2n) is 14.5. The lowest BCUT2D eigenvalue weighted by molar-refractivity contribution is -0.674. The van der Waals surface area contributed by atoms with Crippen molar-refractivity contribution in [2.75, 3.05) is 0 Å². The average Bonchev–Trinajstić information content (AvgIpc) is 3.49. The largest absolute Gasteiger partial charge is 0.286 e. The van der Waals surface area contributed by atoms with E-state index in [0.29, 0.717) is 0 Å². The van der Waals surface area contributed by atoms with E-state index in [2.05, 4.69) is 74.8 Å². The standard InChI is InChI=1S/7C6H8N2.C6H9N2.8C2H6/c3*1-5-3-8-6(2)4-7-5;1-5-3-6(2)8-4-7-5;3*1-5-3-7-6(2)8-4-5;1-6-3-4-8(2)5-7-6;8*1-2/h7*3-4H,1-2H3;3-5H,1-2H3;8*1-2H3/q;;;;;;;+1;;;;;;;;. The van der Waals surface area contributed by atoms with E-state index in [1.165, 1.54) is 0 Å². The van der Waals surface area contributed by atoms with E-state index in [9.17, 15) is 0 Å². The van der Waals surface area contributed by atoms with Gasteiger partial charge in [-0.15, -0.1) is 0 Å². The summed E-state index contributed by atoms with van der Waals surface area (Å²) >= 11 is 0. The lowest BCUT2D eigenvalue weighted by Crippen LogP contribution is -2.27. The smallest absolute Gasteiger partial charge is 0.258 e. The van der Waals surface area contributed by atoms with Gasteiger partial charge < -0.3 is 0 Å². The Morgan fingerprint density at radius 1 is 0.237 bits per heavy atom. The van der Waals surface area contributed by atoms with E-state index < -0.39 is 0 Å². The molecule has 0 unspecified atom stereocenters. The van der Waals surface area contributed by atoms with Crippen LogP contribution in [-0.4, -0.2) is 74.8 Å². The van der Waals surface area contributed by atoms with Gasteiger partial charge in [0, 0.05) is 98.7 Å². The van der Waals surface area contributed by atoms with Crippen molar-refractivity contribution >= 4 is 0 Å². The first-order chi connectivity index (χ1) is 38.3. The highest BCUT2D eigenvalue weighted by atomic mass is 15.0. The van der Waals surface area contributed by atoms with Gasteiger partial charge in [0.1, 0.15) is 23.8 Å². The van der Waals surface area contributed by atoms with Crippen LogP contribution < -0.4 is 4.57 Å². The van der Waals surface area contributed by atoms with Crippen molar-refractivity contribution in [1.29, 1.82) is 0 Å². The van der Waals surface area contributed by atoms with Gasteiger partial charge in [0.05, 0.1) is 47.4 Å². The van der Waals surface area contributed by atoms with Crippen molar-refractivity contribution < 1.29 is 4.57 Å². The molecule has 0 fully saturated rings. The molecule has 0 aromatic carbocycles. The molecular weight excluding hydrogens is 993 g/mol. The van der Waals surface area contributed by atoms with Crippen LogP contribution >= 0.6 is 0 Å². The molecule has 8 aromatic heterocycles. The minimum Gasteiger partial charge on any atom is -0.258 e. The second kappa shape index (κ2) is 67.7. The fourth-order valence-corrected chi connectivity index (χ4v) is 3.82. The average molecular weight is 1110 g/mol. The Labute approximate surface area is 489 Å². The molecule has 0 aliphatic rings. The molecule has 0 amide bonds. The molecule has 0 atom stereocenters. The first-order valence-corrected chi connectivity index (χ1v) is 28.4. The maximum Gasteiger partial charge on any atom is 0.286 e. The molecule has 0 spiro atoms. The number of rotatable bonds is 0. The Balaban J connectivity index is -0.000000119. The van der Waals surface area contributed by atoms with E-state index in [-0.39, 0.29) is 0 Å². The Bertz CT molecular complexity index is 1810. The molecule has 0 radical (unpaired) electrons. The molecular formula is C64H113N16+. The van der Waals surface area contributed by atoms with E-state index in [1.54, 1.807) is 49.8 Å². The monoisotopic (exact) mass is 1110 g/mol. The fourth-order valence-electron chi connectivity index (χ4n) is 3.82. The van der Waals surface area contributed by atoms with Gasteiger partial charge in [-0.25, -0.2) is 44.4 Å². The van der Waals surface area contributed by atoms with E-state index >= 15 is 0 Å². The van der Waals surface area contributed by atoms with Crippen molar-refractivity contribution in [3.8, 4) is 0 Å². The zero-order valence-corrected chi connectivity index (χ0v) is 56.5. The van der Waals surface area contributed by atoms with E-state index in [1.807, 2.05) is 282 Å². The van der Waals surface area contributed by atoms with Crippen LogP contribution in [0.2, 0.25) is 0 Å². The predicted octanol–water partition coefficient (Wildman–Crippen LogP) is 16.1. The maximum atomic E-state index is 4.04. The van der Waals surface area contributed by atoms with Crippen molar-refractivity contribution in [2.24, 2.45) is 7.05 Å². The van der Waals surface area contributed by atoms with E-state index in [4.69, 9.17) is 0 Å². The van der Waals surface area contributed by atoms with Gasteiger partial charge in [-0.3, -0.25) is 29.9 Å². The third-order valence-electron chi connectivity index (χ3n) is 7.40. The van der Waals surface area contributed by atoms with Crippen LogP contribution in [0.15, 0.2) is 105 Å². The number of hydrogen-bond acceptors (Lipinski definition) is 15. The predicted molar refractivity (Wildman–Crippen MR) is 341 cm³/mol. The van der Waals surface area contributed by atoms with Crippen LogP contribution in [0, 0.1) is 104 Å². The summed E-state index contributed by atoms with van der Waals surface area (Å²) < 4.78 is 1.91. The first-order valence-electron chi connectivity index (χ1n) is 28.4. The molecule has 80 heavy (non-hydrogen) atoms. The Kier molecular flexibility index (Phi) is 75.6. The second-order valence-corrected chi connectivity index (χ2v) is 14.5. The molecule has 8 rings (SSSR count). The minimum atomic E-state index is 0.829. The van der Waals surface area contributed by atoms with Gasteiger partial charge in [0.2, 0.25) is 0 Å². The molecule has 0 aliphatic heterocycles. The molecule has 0 aliphatic carbocycles. The summed E-state index contributed by atoms with van der Waals surface area (Å²) in [6.07, 6.45) is 26.7. The summed E-state index contributed by atoms with van der Waals surface area (Å²) in [7, 11) is 1.95. The van der Waals surface area contributed by atoms with Gasteiger partial charge in [0.25, 0.3) is 6.33 Å². The SMILES string of the molecule is CC.CC.CC.CC.CC.CC.CC.CC.Cc1cc(C)ncn1.Cc1cc[n+](C)cn1.Cc1cnc(C)cn1.Cc1cnc(C)cn1.Cc1cnc(C)cn1.Cc1cnc(C)nc1.Cc1cnc(C)nc1.Cc1cnc(C)nc1. The highest BCUT2D eigenvalue weighted by Crippen LogP contribution is 1.94. The first kappa shape index (κ1) is 89.2. The molecule has 0 saturated heterocycles. The van der Waals surface area contributed by atoms with Crippen molar-refractivity contribution in [3.63, 3.8) is 0 Å². The number of aromatic nitrogens is 16. The van der Waals surface area contributed by atoms with Gasteiger partial charge in [-0.2, -0.15) is 0 Å². The van der Waals surface area contributed by atoms with Crippen molar-refractivity contribution in [1.82, 2.24) is 74.8 Å². The molecule has 8 aromatic rings. The molecule has 0 N–H and O–H groups in total. The molecule has 0 bridgehead atoms. The summed E-state index contributed by atoms with van der Waals surface area (Å²) in [4.78, 5) is 59.8. The normalized spacial score (nSPS) is 8.00. The van der Waals surface area contributed by atoms with Gasteiger partial charge in [0.15, 0.2) is 5.69 Å². The van der Waals surface area contributed by atoms with Crippen LogP contribution in [0.4, 0.5) is 0 Å². The highest BCUT2D eigenvalue weighted by molar-refractivity contribution is 5.04. The summed E-state index contributed by atoms with van der Waals surface area (Å²) in [5.74, 6) is 2.49. The Hall–Kier alpha value is -7.36. The van der Waals surface area contributed by atoms with Crippen LogP contribution in [-0.2, 0) is 7.05 Å². The summed E-state index contributed by atoms with van der Waals surface area (Å²) in [5, 5.41) is 0. The van der Waals surface area contributed by atoms with Crippen LogP contribution in [0.25, 0.3) is 0 Å². The molecule has 16 heteroatoms. The highest BCUT2D eigenvalue weighted by Gasteiger charge is 1.90. The van der Waals surface area contributed by atoms with Crippen molar-refractivity contribution in [2.45, 2.75) is 215 Å². The molecule has 448 valence electrons. The Morgan fingerprint density at radius 2 is 0.450 bits per heavy atom. The minimum absolute atomic E-state index is 0.829. The van der Waals surface area contributed by atoms with Gasteiger partial charge in [-0.1, -0.05) is 116 Å². The quantitative estimate of drug-likeness (QED) is 0.130. The zero-order chi connectivity index (χ0) is 63.9. The van der Waals surface area contributed by atoms with E-state index in [0.717, 1.165) is 85.4 Å². The number of nitrogens with zero attached hydrogens (tertiary/aromatic N) is 16. The number of hydrogen-bond donors (Lipinski definition) is 0. The molecule has 16 nitrogen and oxygen atoms in total. The van der Waals surface area contributed by atoms with Crippen LogP contribution in [0.1, 0.15) is 196 Å². The fraction of sp³-hybridized carbons (Fsp3) is 0.500. The zero-order valence-electron chi connectivity index (χ0n) is 56.5. The third-order valence-corrected chi connectivity index (χ3v) is 7.40. The maximum absolute atomic E-state index is 4.04. The third kappa shape index (κ3) is 64.9. The summed E-state index contributed by atoms with van der Waals surface area (Å²) in [6, 6.07) is 3.92. The van der Waals surface area contributed by atoms with Gasteiger partial charge >= 0.3 is 0 Å². The summed E-state index contributed by atoms with van der Waals surface area (Å²) in [6.45, 7) is 61.0. The Morgan fingerprint density at radius 3 is 0.575 bits per heavy atom. The number of aryl methyl sites for hydroxylation is 16. The van der Waals surface area contributed by atoms with Crippen molar-refractivity contribution in [3.05, 3.63) is 191 Å². The molecule has 0 saturated carbocycles. The lowest BCUT2D eigenvalue weighted by Gasteiger charge is -1.89. The lowest BCUT2D eigenvalue weighted by atomic mass is 10.4. The van der Waals surface area contributed by atoms with Gasteiger partial charge in [-0.05, 0) is 120 Å². The van der Waals surface area contributed by atoms with Crippen LogP contribution in [0.3, 0.4) is 0 Å². The molecule has 8 heterocycles. The summed E-state index contributed by atoms with van der Waals surface area (Å²) in [5.41, 5.74) is 12.2. The van der Waals surface area contributed by atoms with Crippen LogP contribution in [0.5, 0.6) is 0 Å². The topological polar surface area (TPSA) is 197 Å².